The molecular formula is C13H19ClN2. The maximum absolute atomic E-state index is 5.84. The lowest BCUT2D eigenvalue weighted by atomic mass is 9.98. The van der Waals surface area contributed by atoms with Crippen LogP contribution in [0, 0.1) is 5.92 Å². The van der Waals surface area contributed by atoms with Gasteiger partial charge in [0.1, 0.15) is 0 Å². The Balaban J connectivity index is 1.69. The summed E-state index contributed by atoms with van der Waals surface area (Å²) in [4.78, 5) is 0. The van der Waals surface area contributed by atoms with Gasteiger partial charge >= 0.3 is 0 Å². The average molecular weight is 239 g/mol. The minimum Gasteiger partial charge on any atom is -0.317 e. The highest BCUT2D eigenvalue weighted by Gasteiger charge is 2.11. The zero-order chi connectivity index (χ0) is 11.2. The molecule has 3 heteroatoms. The summed E-state index contributed by atoms with van der Waals surface area (Å²) in [7, 11) is 0. The molecule has 1 fully saturated rings. The molecule has 1 aromatic carbocycles. The predicted molar refractivity (Wildman–Crippen MR) is 68.8 cm³/mol. The number of halogens is 1. The molecule has 0 bridgehead atoms. The van der Waals surface area contributed by atoms with E-state index in [-0.39, 0.29) is 0 Å². The Morgan fingerprint density at radius 1 is 1.19 bits per heavy atom. The molecule has 0 amide bonds. The first kappa shape index (κ1) is 11.9. The van der Waals surface area contributed by atoms with Crippen LogP contribution < -0.4 is 10.6 Å². The molecule has 0 aliphatic carbocycles. The third-order valence-corrected chi connectivity index (χ3v) is 3.39. The van der Waals surface area contributed by atoms with Crippen molar-refractivity contribution in [1.29, 1.82) is 0 Å². The first-order valence-corrected chi connectivity index (χ1v) is 6.38. The van der Waals surface area contributed by atoms with Crippen LogP contribution in [0.1, 0.15) is 18.4 Å². The smallest absolute Gasteiger partial charge is 0.0406 e. The fourth-order valence-electron chi connectivity index (χ4n) is 2.11. The van der Waals surface area contributed by atoms with E-state index in [4.69, 9.17) is 11.6 Å². The molecule has 0 spiro atoms. The van der Waals surface area contributed by atoms with Crippen LogP contribution in [-0.4, -0.2) is 19.6 Å². The molecule has 1 aliphatic rings. The van der Waals surface area contributed by atoms with Gasteiger partial charge in [0, 0.05) is 11.6 Å². The van der Waals surface area contributed by atoms with Gasteiger partial charge in [-0.25, -0.2) is 0 Å². The standard InChI is InChI=1S/C13H19ClN2/c14-13-3-1-11(2-4-13)9-16-10-12-5-7-15-8-6-12/h1-4,12,15-16H,5-10H2. The summed E-state index contributed by atoms with van der Waals surface area (Å²) in [5.74, 6) is 0.841. The first-order chi connectivity index (χ1) is 7.84. The molecule has 1 saturated heterocycles. The summed E-state index contributed by atoms with van der Waals surface area (Å²) >= 11 is 5.84. The fourth-order valence-corrected chi connectivity index (χ4v) is 2.23. The van der Waals surface area contributed by atoms with E-state index >= 15 is 0 Å². The van der Waals surface area contributed by atoms with Gasteiger partial charge in [0.25, 0.3) is 0 Å². The molecule has 0 aromatic heterocycles. The van der Waals surface area contributed by atoms with Crippen molar-refractivity contribution < 1.29 is 0 Å². The second-order valence-corrected chi connectivity index (χ2v) is 4.89. The predicted octanol–water partition coefficient (Wildman–Crippen LogP) is 2.43. The minimum atomic E-state index is 0.808. The van der Waals surface area contributed by atoms with E-state index in [9.17, 15) is 0 Å². The van der Waals surface area contributed by atoms with Crippen LogP contribution in [0.15, 0.2) is 24.3 Å². The number of piperidine rings is 1. The van der Waals surface area contributed by atoms with Gasteiger partial charge in [-0.2, -0.15) is 0 Å². The van der Waals surface area contributed by atoms with E-state index < -0.39 is 0 Å². The zero-order valence-corrected chi connectivity index (χ0v) is 10.3. The monoisotopic (exact) mass is 238 g/mol. The molecule has 0 atom stereocenters. The van der Waals surface area contributed by atoms with Crippen LogP contribution in [0.4, 0.5) is 0 Å². The second-order valence-electron chi connectivity index (χ2n) is 4.45. The van der Waals surface area contributed by atoms with Crippen molar-refractivity contribution >= 4 is 11.6 Å². The molecule has 2 N–H and O–H groups in total. The maximum atomic E-state index is 5.84. The van der Waals surface area contributed by atoms with Crippen molar-refractivity contribution in [2.75, 3.05) is 19.6 Å². The van der Waals surface area contributed by atoms with Crippen LogP contribution in [0.25, 0.3) is 0 Å². The number of hydrogen-bond donors (Lipinski definition) is 2. The van der Waals surface area contributed by atoms with Crippen LogP contribution >= 0.6 is 11.6 Å². The third kappa shape index (κ3) is 3.78. The maximum Gasteiger partial charge on any atom is 0.0406 e. The van der Waals surface area contributed by atoms with Gasteiger partial charge in [0.05, 0.1) is 0 Å². The van der Waals surface area contributed by atoms with E-state index in [1.54, 1.807) is 0 Å². The second kappa shape index (κ2) is 6.24. The molecule has 0 saturated carbocycles. The Bertz CT molecular complexity index is 304. The minimum absolute atomic E-state index is 0.808. The zero-order valence-electron chi connectivity index (χ0n) is 9.51. The molecular weight excluding hydrogens is 220 g/mol. The van der Waals surface area contributed by atoms with Gasteiger partial charge in [-0.15, -0.1) is 0 Å². The Labute approximate surface area is 102 Å². The quantitative estimate of drug-likeness (QED) is 0.842. The Kier molecular flexibility index (Phi) is 4.64. The average Bonchev–Trinajstić information content (AvgIpc) is 2.33. The van der Waals surface area contributed by atoms with Crippen molar-refractivity contribution in [3.05, 3.63) is 34.9 Å². The van der Waals surface area contributed by atoms with Gasteiger partial charge in [0.15, 0.2) is 0 Å². The third-order valence-electron chi connectivity index (χ3n) is 3.13. The summed E-state index contributed by atoms with van der Waals surface area (Å²) in [6, 6.07) is 8.06. The van der Waals surface area contributed by atoms with Crippen molar-refractivity contribution in [2.45, 2.75) is 19.4 Å². The topological polar surface area (TPSA) is 24.1 Å². The Morgan fingerprint density at radius 2 is 1.88 bits per heavy atom. The lowest BCUT2D eigenvalue weighted by Crippen LogP contribution is -2.33. The molecule has 16 heavy (non-hydrogen) atoms. The molecule has 1 aromatic rings. The van der Waals surface area contributed by atoms with E-state index in [2.05, 4.69) is 22.8 Å². The molecule has 1 heterocycles. The van der Waals surface area contributed by atoms with E-state index in [0.29, 0.717) is 0 Å². The highest BCUT2D eigenvalue weighted by atomic mass is 35.5. The van der Waals surface area contributed by atoms with Crippen LogP contribution in [0.5, 0.6) is 0 Å². The molecule has 2 nitrogen and oxygen atoms in total. The number of nitrogens with one attached hydrogen (secondary N) is 2. The summed E-state index contributed by atoms with van der Waals surface area (Å²) in [5.41, 5.74) is 1.30. The fraction of sp³-hybridized carbons (Fsp3) is 0.538. The largest absolute Gasteiger partial charge is 0.317 e. The van der Waals surface area contributed by atoms with Crippen molar-refractivity contribution in [3.63, 3.8) is 0 Å². The summed E-state index contributed by atoms with van der Waals surface area (Å²) in [5, 5.41) is 7.71. The van der Waals surface area contributed by atoms with Gasteiger partial charge in [-0.1, -0.05) is 23.7 Å². The van der Waals surface area contributed by atoms with E-state index in [1.165, 1.54) is 31.5 Å². The van der Waals surface area contributed by atoms with Crippen LogP contribution in [0.3, 0.4) is 0 Å². The van der Waals surface area contributed by atoms with Crippen molar-refractivity contribution in [3.8, 4) is 0 Å². The Hall–Kier alpha value is -0.570. The number of hydrogen-bond acceptors (Lipinski definition) is 2. The van der Waals surface area contributed by atoms with Gasteiger partial charge in [0.2, 0.25) is 0 Å². The Morgan fingerprint density at radius 3 is 2.56 bits per heavy atom. The number of rotatable bonds is 4. The summed E-state index contributed by atoms with van der Waals surface area (Å²) < 4.78 is 0. The lowest BCUT2D eigenvalue weighted by Gasteiger charge is -2.22. The van der Waals surface area contributed by atoms with Crippen LogP contribution in [0.2, 0.25) is 5.02 Å². The van der Waals surface area contributed by atoms with Crippen molar-refractivity contribution in [1.82, 2.24) is 10.6 Å². The van der Waals surface area contributed by atoms with E-state index in [0.717, 1.165) is 24.0 Å². The first-order valence-electron chi connectivity index (χ1n) is 6.00. The SMILES string of the molecule is Clc1ccc(CNCC2CCNCC2)cc1. The molecule has 0 unspecified atom stereocenters. The normalized spacial score (nSPS) is 17.6. The summed E-state index contributed by atoms with van der Waals surface area (Å²) in [6.07, 6.45) is 2.60. The van der Waals surface area contributed by atoms with Gasteiger partial charge in [-0.3, -0.25) is 0 Å². The molecule has 0 radical (unpaired) electrons. The van der Waals surface area contributed by atoms with Crippen molar-refractivity contribution in [2.24, 2.45) is 5.92 Å². The lowest BCUT2D eigenvalue weighted by molar-refractivity contribution is 0.356. The number of benzene rings is 1. The molecule has 88 valence electrons. The van der Waals surface area contributed by atoms with Crippen LogP contribution in [-0.2, 0) is 6.54 Å². The van der Waals surface area contributed by atoms with Gasteiger partial charge < -0.3 is 10.6 Å². The molecule has 2 rings (SSSR count). The highest BCUT2D eigenvalue weighted by molar-refractivity contribution is 6.30. The highest BCUT2D eigenvalue weighted by Crippen LogP contribution is 2.11. The summed E-state index contributed by atoms with van der Waals surface area (Å²) in [6.45, 7) is 4.42. The van der Waals surface area contributed by atoms with E-state index in [1.807, 2.05) is 12.1 Å². The molecule has 1 aliphatic heterocycles. The van der Waals surface area contributed by atoms with Gasteiger partial charge in [-0.05, 0) is 56.1 Å².